The van der Waals surface area contributed by atoms with Crippen molar-refractivity contribution in [2.45, 2.75) is 32.7 Å². The fourth-order valence-corrected chi connectivity index (χ4v) is 2.55. The molecule has 21 heavy (non-hydrogen) atoms. The van der Waals surface area contributed by atoms with Crippen LogP contribution in [0.3, 0.4) is 0 Å². The highest BCUT2D eigenvalue weighted by molar-refractivity contribution is 5.27. The SMILES string of the molecule is CCC(NCCc1ccc(F)cc1C)c1ccccc1F. The largest absolute Gasteiger partial charge is 0.310 e. The summed E-state index contributed by atoms with van der Waals surface area (Å²) >= 11 is 0. The van der Waals surface area contributed by atoms with E-state index in [1.165, 1.54) is 12.1 Å². The first-order valence-electron chi connectivity index (χ1n) is 7.34. The van der Waals surface area contributed by atoms with Gasteiger partial charge in [0.2, 0.25) is 0 Å². The van der Waals surface area contributed by atoms with Gasteiger partial charge < -0.3 is 5.32 Å². The molecule has 2 aromatic rings. The van der Waals surface area contributed by atoms with Crippen molar-refractivity contribution >= 4 is 0 Å². The van der Waals surface area contributed by atoms with Crippen LogP contribution in [0.5, 0.6) is 0 Å². The maximum atomic E-state index is 13.8. The van der Waals surface area contributed by atoms with Gasteiger partial charge in [0.05, 0.1) is 0 Å². The number of aryl methyl sites for hydroxylation is 1. The smallest absolute Gasteiger partial charge is 0.127 e. The summed E-state index contributed by atoms with van der Waals surface area (Å²) in [5.41, 5.74) is 2.78. The molecule has 0 aliphatic carbocycles. The van der Waals surface area contributed by atoms with Crippen molar-refractivity contribution < 1.29 is 8.78 Å². The number of nitrogens with one attached hydrogen (secondary N) is 1. The predicted octanol–water partition coefficient (Wildman–Crippen LogP) is 4.56. The maximum Gasteiger partial charge on any atom is 0.127 e. The van der Waals surface area contributed by atoms with Crippen molar-refractivity contribution in [1.29, 1.82) is 0 Å². The van der Waals surface area contributed by atoms with E-state index in [1.807, 2.05) is 32.0 Å². The molecule has 2 rings (SSSR count). The van der Waals surface area contributed by atoms with Crippen molar-refractivity contribution in [1.82, 2.24) is 5.32 Å². The van der Waals surface area contributed by atoms with Gasteiger partial charge in [0, 0.05) is 11.6 Å². The molecule has 0 aliphatic rings. The number of hydrogen-bond donors (Lipinski definition) is 1. The number of halogens is 2. The zero-order valence-electron chi connectivity index (χ0n) is 12.5. The summed E-state index contributed by atoms with van der Waals surface area (Å²) in [7, 11) is 0. The minimum atomic E-state index is -0.206. The summed E-state index contributed by atoms with van der Waals surface area (Å²) in [6.45, 7) is 4.68. The van der Waals surface area contributed by atoms with Crippen LogP contribution in [0, 0.1) is 18.6 Å². The van der Waals surface area contributed by atoms with Crippen LogP contribution in [0.1, 0.15) is 36.1 Å². The molecule has 1 N–H and O–H groups in total. The average Bonchev–Trinajstić information content (AvgIpc) is 2.47. The van der Waals surface area contributed by atoms with E-state index in [0.717, 1.165) is 30.5 Å². The third kappa shape index (κ3) is 4.11. The Kier molecular flexibility index (Phi) is 5.45. The fourth-order valence-electron chi connectivity index (χ4n) is 2.55. The third-order valence-corrected chi connectivity index (χ3v) is 3.78. The van der Waals surface area contributed by atoms with Gasteiger partial charge in [0.25, 0.3) is 0 Å². The van der Waals surface area contributed by atoms with Crippen LogP contribution in [0.15, 0.2) is 42.5 Å². The first kappa shape index (κ1) is 15.6. The number of rotatable bonds is 6. The van der Waals surface area contributed by atoms with E-state index < -0.39 is 0 Å². The Morgan fingerprint density at radius 2 is 1.86 bits per heavy atom. The summed E-state index contributed by atoms with van der Waals surface area (Å²) in [6.07, 6.45) is 1.63. The van der Waals surface area contributed by atoms with Crippen LogP contribution in [0.4, 0.5) is 8.78 Å². The molecular formula is C18H21F2N. The average molecular weight is 289 g/mol. The van der Waals surface area contributed by atoms with Crippen LogP contribution >= 0.6 is 0 Å². The molecule has 1 unspecified atom stereocenters. The van der Waals surface area contributed by atoms with Gasteiger partial charge in [0.1, 0.15) is 11.6 Å². The highest BCUT2D eigenvalue weighted by Gasteiger charge is 2.12. The number of hydrogen-bond acceptors (Lipinski definition) is 1. The Balaban J connectivity index is 1.96. The molecule has 2 aromatic carbocycles. The lowest BCUT2D eigenvalue weighted by Gasteiger charge is -2.18. The molecule has 0 spiro atoms. The van der Waals surface area contributed by atoms with Gasteiger partial charge in [-0.15, -0.1) is 0 Å². The van der Waals surface area contributed by atoms with E-state index in [2.05, 4.69) is 5.32 Å². The quantitative estimate of drug-likeness (QED) is 0.822. The first-order chi connectivity index (χ1) is 10.1. The summed E-state index contributed by atoms with van der Waals surface area (Å²) in [5, 5.41) is 3.38. The second-order valence-corrected chi connectivity index (χ2v) is 5.26. The molecule has 0 amide bonds. The Hall–Kier alpha value is -1.74. The van der Waals surface area contributed by atoms with Crippen LogP contribution in [0.25, 0.3) is 0 Å². The van der Waals surface area contributed by atoms with Gasteiger partial charge in [-0.2, -0.15) is 0 Å². The van der Waals surface area contributed by atoms with E-state index in [1.54, 1.807) is 12.1 Å². The highest BCUT2D eigenvalue weighted by atomic mass is 19.1. The normalized spacial score (nSPS) is 12.4. The van der Waals surface area contributed by atoms with Crippen molar-refractivity contribution in [3.05, 3.63) is 70.8 Å². The van der Waals surface area contributed by atoms with Crippen molar-refractivity contribution in [3.63, 3.8) is 0 Å². The molecular weight excluding hydrogens is 268 g/mol. The molecule has 112 valence electrons. The minimum Gasteiger partial charge on any atom is -0.310 e. The molecule has 0 fully saturated rings. The maximum absolute atomic E-state index is 13.8. The monoisotopic (exact) mass is 289 g/mol. The molecule has 0 radical (unpaired) electrons. The summed E-state index contributed by atoms with van der Waals surface area (Å²) in [6, 6.07) is 11.7. The molecule has 1 nitrogen and oxygen atoms in total. The van der Waals surface area contributed by atoms with E-state index in [4.69, 9.17) is 0 Å². The van der Waals surface area contributed by atoms with Crippen LogP contribution in [-0.2, 0) is 6.42 Å². The van der Waals surface area contributed by atoms with Crippen LogP contribution < -0.4 is 5.32 Å². The second kappa shape index (κ2) is 7.32. The molecule has 1 atom stereocenters. The minimum absolute atomic E-state index is 0.00644. The van der Waals surface area contributed by atoms with E-state index in [9.17, 15) is 8.78 Å². The van der Waals surface area contributed by atoms with Crippen LogP contribution in [0.2, 0.25) is 0 Å². The predicted molar refractivity (Wildman–Crippen MR) is 82.3 cm³/mol. The van der Waals surface area contributed by atoms with E-state index in [0.29, 0.717) is 5.56 Å². The first-order valence-corrected chi connectivity index (χ1v) is 7.34. The zero-order valence-corrected chi connectivity index (χ0v) is 12.5. The van der Waals surface area contributed by atoms with Gasteiger partial charge >= 0.3 is 0 Å². The van der Waals surface area contributed by atoms with E-state index >= 15 is 0 Å². The summed E-state index contributed by atoms with van der Waals surface area (Å²) < 4.78 is 26.9. The van der Waals surface area contributed by atoms with Gasteiger partial charge in [-0.05, 0) is 55.6 Å². The van der Waals surface area contributed by atoms with Crippen molar-refractivity contribution in [2.24, 2.45) is 0 Å². The van der Waals surface area contributed by atoms with E-state index in [-0.39, 0.29) is 17.7 Å². The molecule has 0 aliphatic heterocycles. The lowest BCUT2D eigenvalue weighted by Crippen LogP contribution is -2.24. The zero-order chi connectivity index (χ0) is 15.2. The number of benzene rings is 2. The summed E-state index contributed by atoms with van der Waals surface area (Å²) in [4.78, 5) is 0. The van der Waals surface area contributed by atoms with Crippen molar-refractivity contribution in [3.8, 4) is 0 Å². The third-order valence-electron chi connectivity index (χ3n) is 3.78. The lowest BCUT2D eigenvalue weighted by molar-refractivity contribution is 0.491. The van der Waals surface area contributed by atoms with Crippen LogP contribution in [-0.4, -0.2) is 6.54 Å². The fraction of sp³-hybridized carbons (Fsp3) is 0.333. The molecule has 3 heteroatoms. The van der Waals surface area contributed by atoms with Gasteiger partial charge in [-0.3, -0.25) is 0 Å². The van der Waals surface area contributed by atoms with Gasteiger partial charge in [-0.25, -0.2) is 8.78 Å². The molecule has 0 saturated carbocycles. The Morgan fingerprint density at radius 3 is 2.52 bits per heavy atom. The Morgan fingerprint density at radius 1 is 1.10 bits per heavy atom. The molecule has 0 bridgehead atoms. The lowest BCUT2D eigenvalue weighted by atomic mass is 10.0. The van der Waals surface area contributed by atoms with Crippen molar-refractivity contribution in [2.75, 3.05) is 6.54 Å². The Bertz CT molecular complexity index is 596. The second-order valence-electron chi connectivity index (χ2n) is 5.26. The highest BCUT2D eigenvalue weighted by Crippen LogP contribution is 2.20. The molecule has 0 saturated heterocycles. The standard InChI is InChI=1S/C18H21F2N/c1-3-18(16-6-4-5-7-17(16)20)21-11-10-14-8-9-15(19)12-13(14)2/h4-9,12,18,21H,3,10-11H2,1-2H3. The topological polar surface area (TPSA) is 12.0 Å². The Labute approximate surface area is 125 Å². The van der Waals surface area contributed by atoms with Gasteiger partial charge in [-0.1, -0.05) is 31.2 Å². The molecule has 0 aromatic heterocycles. The summed E-state index contributed by atoms with van der Waals surface area (Å²) in [5.74, 6) is -0.378. The molecule has 0 heterocycles. The van der Waals surface area contributed by atoms with Gasteiger partial charge in [0.15, 0.2) is 0 Å².